The van der Waals surface area contributed by atoms with E-state index in [0.29, 0.717) is 24.8 Å². The summed E-state index contributed by atoms with van der Waals surface area (Å²) in [6, 6.07) is 10.1. The molecule has 0 bridgehead atoms. The van der Waals surface area contributed by atoms with E-state index in [4.69, 9.17) is 0 Å². The molecule has 1 amide bonds. The van der Waals surface area contributed by atoms with Crippen molar-refractivity contribution in [2.45, 2.75) is 57.7 Å². The largest absolute Gasteiger partial charge is 0.393 e. The van der Waals surface area contributed by atoms with Gasteiger partial charge in [-0.3, -0.25) is 4.79 Å². The number of fused-ring (bicyclic) bond motifs is 2. The topological polar surface area (TPSA) is 67.2 Å². The van der Waals surface area contributed by atoms with Crippen LogP contribution in [0.15, 0.2) is 54.2 Å². The number of aryl methyl sites for hydroxylation is 1. The lowest BCUT2D eigenvalue weighted by Crippen LogP contribution is -2.45. The fourth-order valence-corrected chi connectivity index (χ4v) is 5.94. The lowest BCUT2D eigenvalue weighted by molar-refractivity contribution is -0.167. The molecule has 2 N–H and O–H groups in total. The standard InChI is InChI=1S/C30H30F5N3O2/c1-18(30(33,34)35)16-36-27(39)26-19(4-3-5-24(26)32)10-12-29(40)13-11-21-14-25-20(15-28(21,29)2)17-37-38(25)23-8-6-22(31)7-9-23/h3-9,14,17-18,40H,10-13,15-16H2,1-2H3,(H,36,39)/t18?,28-,29-/m0/s1. The van der Waals surface area contributed by atoms with Gasteiger partial charge in [0.15, 0.2) is 0 Å². The first-order valence-corrected chi connectivity index (χ1v) is 13.2. The minimum Gasteiger partial charge on any atom is -0.389 e. The molecule has 3 aromatic rings. The minimum atomic E-state index is -4.48. The second-order valence-electron chi connectivity index (χ2n) is 11.1. The number of aromatic nitrogens is 2. The molecule has 1 unspecified atom stereocenters. The predicted octanol–water partition coefficient (Wildman–Crippen LogP) is 6.18. The Morgan fingerprint density at radius 1 is 1.18 bits per heavy atom. The van der Waals surface area contributed by atoms with Crippen LogP contribution in [0, 0.1) is 23.0 Å². The van der Waals surface area contributed by atoms with Gasteiger partial charge in [-0.1, -0.05) is 31.6 Å². The van der Waals surface area contributed by atoms with E-state index in [2.05, 4.69) is 10.4 Å². The molecule has 212 valence electrons. The molecule has 2 aliphatic carbocycles. The van der Waals surface area contributed by atoms with E-state index in [1.54, 1.807) is 29.1 Å². The van der Waals surface area contributed by atoms with Crippen molar-refractivity contribution in [2.75, 3.05) is 6.54 Å². The fraction of sp³-hybridized carbons (Fsp3) is 0.400. The van der Waals surface area contributed by atoms with Crippen LogP contribution in [0.4, 0.5) is 22.0 Å². The van der Waals surface area contributed by atoms with Crippen molar-refractivity contribution >= 4 is 12.0 Å². The predicted molar refractivity (Wildman–Crippen MR) is 140 cm³/mol. The number of alkyl halides is 3. The molecule has 0 saturated heterocycles. The maximum atomic E-state index is 14.7. The maximum Gasteiger partial charge on any atom is 0.393 e. The summed E-state index contributed by atoms with van der Waals surface area (Å²) in [5.74, 6) is -3.86. The highest BCUT2D eigenvalue weighted by Crippen LogP contribution is 2.57. The molecule has 3 atom stereocenters. The molecule has 1 fully saturated rings. The van der Waals surface area contributed by atoms with Crippen LogP contribution in [-0.2, 0) is 12.8 Å². The number of amides is 1. The van der Waals surface area contributed by atoms with E-state index in [-0.39, 0.29) is 24.2 Å². The number of nitrogens with zero attached hydrogens (tertiary/aromatic N) is 2. The highest BCUT2D eigenvalue weighted by atomic mass is 19.4. The second-order valence-corrected chi connectivity index (χ2v) is 11.1. The third-order valence-electron chi connectivity index (χ3n) is 8.62. The van der Waals surface area contributed by atoms with E-state index in [0.717, 1.165) is 35.5 Å². The van der Waals surface area contributed by atoms with Crippen molar-refractivity contribution < 1.29 is 31.9 Å². The minimum absolute atomic E-state index is 0.163. The number of carbonyl (C=O) groups excluding carboxylic acids is 1. The van der Waals surface area contributed by atoms with Crippen LogP contribution in [0.2, 0.25) is 0 Å². The van der Waals surface area contributed by atoms with Crippen LogP contribution in [0.25, 0.3) is 11.8 Å². The molecule has 5 rings (SSSR count). The number of aliphatic hydroxyl groups is 1. The Morgan fingerprint density at radius 2 is 1.90 bits per heavy atom. The lowest BCUT2D eigenvalue weighted by Gasteiger charge is -2.42. The average molecular weight is 560 g/mol. The van der Waals surface area contributed by atoms with E-state index in [9.17, 15) is 31.9 Å². The van der Waals surface area contributed by atoms with Gasteiger partial charge in [0.2, 0.25) is 0 Å². The molecule has 10 heteroatoms. The average Bonchev–Trinajstić information content (AvgIpc) is 3.41. The third-order valence-corrected chi connectivity index (χ3v) is 8.62. The Hall–Kier alpha value is -3.53. The first kappa shape index (κ1) is 28.0. The second kappa shape index (κ2) is 10.1. The SMILES string of the molecule is CC(CNC(=O)c1c(F)cccc1CC[C@]1(O)CCC2=Cc3c(cnn3-c3ccc(F)cc3)C[C@@]21C)C(F)(F)F. The van der Waals surface area contributed by atoms with Crippen LogP contribution in [0.5, 0.6) is 0 Å². The molecule has 5 nitrogen and oxygen atoms in total. The molecule has 1 aromatic heterocycles. The first-order chi connectivity index (χ1) is 18.8. The zero-order chi connectivity index (χ0) is 28.9. The van der Waals surface area contributed by atoms with Crippen LogP contribution in [0.3, 0.4) is 0 Å². The summed E-state index contributed by atoms with van der Waals surface area (Å²) in [4.78, 5) is 12.7. The van der Waals surface area contributed by atoms with Gasteiger partial charge in [0.1, 0.15) is 11.6 Å². The van der Waals surface area contributed by atoms with Crippen molar-refractivity contribution in [2.24, 2.45) is 11.3 Å². The van der Waals surface area contributed by atoms with Crippen LogP contribution < -0.4 is 5.32 Å². The number of benzene rings is 2. The number of hydrogen-bond acceptors (Lipinski definition) is 3. The molecular weight excluding hydrogens is 529 g/mol. The summed E-state index contributed by atoms with van der Waals surface area (Å²) in [5.41, 5.74) is 1.80. The van der Waals surface area contributed by atoms with Gasteiger partial charge in [-0.05, 0) is 79.6 Å². The van der Waals surface area contributed by atoms with Crippen molar-refractivity contribution in [1.82, 2.24) is 15.1 Å². The number of nitrogens with one attached hydrogen (secondary N) is 1. The highest BCUT2D eigenvalue weighted by Gasteiger charge is 2.54. The molecular formula is C30H30F5N3O2. The third kappa shape index (κ3) is 4.93. The quantitative estimate of drug-likeness (QED) is 0.340. The summed E-state index contributed by atoms with van der Waals surface area (Å²) in [5, 5.41) is 18.6. The Labute approximate surface area is 228 Å². The molecule has 2 aliphatic rings. The molecule has 0 radical (unpaired) electrons. The van der Waals surface area contributed by atoms with Gasteiger partial charge < -0.3 is 10.4 Å². The van der Waals surface area contributed by atoms with Crippen molar-refractivity contribution in [3.63, 3.8) is 0 Å². The van der Waals surface area contributed by atoms with E-state index in [1.165, 1.54) is 18.2 Å². The number of halogens is 5. The Bertz CT molecular complexity index is 1460. The zero-order valence-corrected chi connectivity index (χ0v) is 22.2. The summed E-state index contributed by atoms with van der Waals surface area (Å²) in [6.07, 6.45) is 1.28. The van der Waals surface area contributed by atoms with Crippen molar-refractivity contribution in [3.8, 4) is 5.69 Å². The smallest absolute Gasteiger partial charge is 0.389 e. The molecule has 1 saturated carbocycles. The summed E-state index contributed by atoms with van der Waals surface area (Å²) < 4.78 is 68.6. The Balaban J connectivity index is 1.35. The number of hydrogen-bond donors (Lipinski definition) is 2. The van der Waals surface area contributed by atoms with E-state index >= 15 is 0 Å². The van der Waals surface area contributed by atoms with Crippen LogP contribution in [0.1, 0.15) is 60.3 Å². The molecule has 0 spiro atoms. The Kier molecular flexibility index (Phi) is 7.10. The van der Waals surface area contributed by atoms with Gasteiger partial charge in [-0.2, -0.15) is 18.3 Å². The zero-order valence-electron chi connectivity index (χ0n) is 22.2. The monoisotopic (exact) mass is 559 g/mol. The normalized spacial score (nSPS) is 22.9. The number of carbonyl (C=O) groups is 1. The summed E-state index contributed by atoms with van der Waals surface area (Å²) in [7, 11) is 0. The van der Waals surface area contributed by atoms with E-state index in [1.807, 2.05) is 13.0 Å². The van der Waals surface area contributed by atoms with Crippen LogP contribution in [-0.4, -0.2) is 39.1 Å². The molecule has 40 heavy (non-hydrogen) atoms. The maximum absolute atomic E-state index is 14.7. The van der Waals surface area contributed by atoms with Gasteiger partial charge in [-0.25, -0.2) is 13.5 Å². The summed E-state index contributed by atoms with van der Waals surface area (Å²) >= 11 is 0. The van der Waals surface area contributed by atoms with Gasteiger partial charge >= 0.3 is 6.18 Å². The fourth-order valence-electron chi connectivity index (χ4n) is 5.94. The van der Waals surface area contributed by atoms with Gasteiger partial charge in [0, 0.05) is 12.0 Å². The molecule has 0 aliphatic heterocycles. The number of rotatable bonds is 7. The van der Waals surface area contributed by atoms with E-state index < -0.39 is 41.4 Å². The summed E-state index contributed by atoms with van der Waals surface area (Å²) in [6.45, 7) is 2.27. The van der Waals surface area contributed by atoms with Crippen molar-refractivity contribution in [3.05, 3.63) is 88.3 Å². The van der Waals surface area contributed by atoms with Gasteiger partial charge in [0.25, 0.3) is 5.91 Å². The van der Waals surface area contributed by atoms with Gasteiger partial charge in [-0.15, -0.1) is 0 Å². The van der Waals surface area contributed by atoms with Gasteiger partial charge in [0.05, 0.1) is 34.7 Å². The first-order valence-electron chi connectivity index (χ1n) is 13.2. The highest BCUT2D eigenvalue weighted by molar-refractivity contribution is 5.96. The van der Waals surface area contributed by atoms with Crippen LogP contribution >= 0.6 is 0 Å². The Morgan fingerprint density at radius 3 is 2.60 bits per heavy atom. The molecule has 1 heterocycles. The van der Waals surface area contributed by atoms with Crippen molar-refractivity contribution in [1.29, 1.82) is 0 Å². The molecule has 2 aromatic carbocycles. The lowest BCUT2D eigenvalue weighted by atomic mass is 9.65.